The van der Waals surface area contributed by atoms with Crippen LogP contribution >= 0.6 is 0 Å². The Morgan fingerprint density at radius 2 is 1.74 bits per heavy atom. The number of hydrogen-bond donors (Lipinski definition) is 3. The molecule has 27 heavy (non-hydrogen) atoms. The minimum Gasteiger partial charge on any atom is -0.455 e. The number of para-hydroxylation sites is 2. The van der Waals surface area contributed by atoms with Crippen LogP contribution in [0, 0.1) is 6.92 Å². The van der Waals surface area contributed by atoms with E-state index in [4.69, 9.17) is 4.74 Å². The van der Waals surface area contributed by atoms with Crippen LogP contribution in [0.15, 0.2) is 78.9 Å². The van der Waals surface area contributed by atoms with E-state index >= 15 is 0 Å². The Balaban J connectivity index is 1.71. The number of benzene rings is 3. The van der Waals surface area contributed by atoms with Crippen molar-refractivity contribution in [2.45, 2.75) is 13.0 Å². The van der Waals surface area contributed by atoms with Crippen LogP contribution < -0.4 is 15.4 Å². The number of urea groups is 1. The summed E-state index contributed by atoms with van der Waals surface area (Å²) >= 11 is 0. The third-order valence-corrected chi connectivity index (χ3v) is 4.04. The number of amides is 2. The van der Waals surface area contributed by atoms with Gasteiger partial charge in [-0.25, -0.2) is 4.79 Å². The number of rotatable bonds is 6. The van der Waals surface area contributed by atoms with E-state index in [1.54, 1.807) is 12.1 Å². The second-order valence-corrected chi connectivity index (χ2v) is 6.16. The maximum absolute atomic E-state index is 12.4. The maximum Gasteiger partial charge on any atom is 0.319 e. The van der Waals surface area contributed by atoms with Crippen molar-refractivity contribution in [3.05, 3.63) is 90.0 Å². The van der Waals surface area contributed by atoms with Crippen LogP contribution in [0.3, 0.4) is 0 Å². The van der Waals surface area contributed by atoms with E-state index in [9.17, 15) is 9.90 Å². The van der Waals surface area contributed by atoms with Gasteiger partial charge in [-0.2, -0.15) is 0 Å². The summed E-state index contributed by atoms with van der Waals surface area (Å²) in [5.41, 5.74) is 2.46. The molecular formula is C22H22N2O3. The van der Waals surface area contributed by atoms with Crippen LogP contribution in [0.25, 0.3) is 0 Å². The fourth-order valence-electron chi connectivity index (χ4n) is 2.70. The second kappa shape index (κ2) is 8.87. The molecule has 1 unspecified atom stereocenters. The largest absolute Gasteiger partial charge is 0.455 e. The number of carbonyl (C=O) groups is 1. The molecule has 3 aromatic carbocycles. The maximum atomic E-state index is 12.4. The highest BCUT2D eigenvalue weighted by atomic mass is 16.5. The van der Waals surface area contributed by atoms with E-state index in [-0.39, 0.29) is 6.61 Å². The summed E-state index contributed by atoms with van der Waals surface area (Å²) in [6.45, 7) is 1.79. The molecule has 0 saturated carbocycles. The van der Waals surface area contributed by atoms with Crippen molar-refractivity contribution in [2.75, 3.05) is 11.9 Å². The highest BCUT2D eigenvalue weighted by Crippen LogP contribution is 2.29. The second-order valence-electron chi connectivity index (χ2n) is 6.16. The Hall–Kier alpha value is -3.31. The third-order valence-electron chi connectivity index (χ3n) is 4.04. The summed E-state index contributed by atoms with van der Waals surface area (Å²) in [6, 6.07) is 23.3. The van der Waals surface area contributed by atoms with E-state index < -0.39 is 12.1 Å². The highest BCUT2D eigenvalue weighted by molar-refractivity contribution is 5.91. The number of nitrogens with one attached hydrogen (secondary N) is 2. The minimum atomic E-state index is -0.490. The van der Waals surface area contributed by atoms with Crippen molar-refractivity contribution >= 4 is 11.7 Å². The zero-order valence-electron chi connectivity index (χ0n) is 15.1. The van der Waals surface area contributed by atoms with E-state index in [0.29, 0.717) is 17.2 Å². The molecule has 0 saturated heterocycles. The van der Waals surface area contributed by atoms with Gasteiger partial charge in [0.2, 0.25) is 0 Å². The van der Waals surface area contributed by atoms with Crippen molar-refractivity contribution in [1.82, 2.24) is 5.32 Å². The molecule has 3 aromatic rings. The van der Waals surface area contributed by atoms with Crippen LogP contribution in [0.4, 0.5) is 10.5 Å². The van der Waals surface area contributed by atoms with E-state index in [1.165, 1.54) is 0 Å². The summed E-state index contributed by atoms with van der Waals surface area (Å²) in [4.78, 5) is 12.4. The number of carbonyl (C=O) groups excluding carboxylic acids is 1. The Morgan fingerprint density at radius 1 is 1.00 bits per heavy atom. The predicted octanol–water partition coefficient (Wildman–Crippen LogP) is 4.64. The lowest BCUT2D eigenvalue weighted by atomic mass is 10.1. The van der Waals surface area contributed by atoms with Gasteiger partial charge in [-0.3, -0.25) is 0 Å². The average molecular weight is 362 g/mol. The van der Waals surface area contributed by atoms with Crippen LogP contribution in [-0.2, 0) is 0 Å². The van der Waals surface area contributed by atoms with Crippen LogP contribution in [-0.4, -0.2) is 17.7 Å². The molecule has 0 aliphatic heterocycles. The quantitative estimate of drug-likeness (QED) is 0.598. The Kier molecular flexibility index (Phi) is 6.07. The van der Waals surface area contributed by atoms with Gasteiger partial charge in [-0.15, -0.1) is 0 Å². The monoisotopic (exact) mass is 362 g/mol. The van der Waals surface area contributed by atoms with Gasteiger partial charge in [0, 0.05) is 0 Å². The lowest BCUT2D eigenvalue weighted by Gasteiger charge is -2.18. The van der Waals surface area contributed by atoms with Crippen molar-refractivity contribution < 1.29 is 14.6 Å². The number of aliphatic hydroxyl groups is 1. The van der Waals surface area contributed by atoms with E-state index in [1.807, 2.05) is 73.7 Å². The first-order valence-electron chi connectivity index (χ1n) is 8.72. The zero-order chi connectivity index (χ0) is 19.1. The molecule has 0 bridgehead atoms. The summed E-state index contributed by atoms with van der Waals surface area (Å²) in [7, 11) is 0. The predicted molar refractivity (Wildman–Crippen MR) is 106 cm³/mol. The smallest absolute Gasteiger partial charge is 0.319 e. The Bertz CT molecular complexity index is 897. The van der Waals surface area contributed by atoms with Gasteiger partial charge >= 0.3 is 6.03 Å². The first-order chi connectivity index (χ1) is 13.2. The van der Waals surface area contributed by atoms with E-state index in [2.05, 4.69) is 10.6 Å². The molecule has 2 amide bonds. The zero-order valence-corrected chi connectivity index (χ0v) is 15.1. The first-order valence-corrected chi connectivity index (χ1v) is 8.72. The number of aryl methyl sites for hydroxylation is 1. The van der Waals surface area contributed by atoms with Gasteiger partial charge in [0.1, 0.15) is 5.75 Å². The molecule has 138 valence electrons. The SMILES string of the molecule is Cc1cccc(Oc2ccccc2NC(=O)NC(CO)c2ccccc2)c1. The third kappa shape index (κ3) is 5.09. The molecule has 1 atom stereocenters. The summed E-state index contributed by atoms with van der Waals surface area (Å²) < 4.78 is 5.92. The standard InChI is InChI=1S/C22H22N2O3/c1-16-8-7-11-18(14-16)27-21-13-6-5-12-19(21)23-22(26)24-20(15-25)17-9-3-2-4-10-17/h2-14,20,25H,15H2,1H3,(H2,23,24,26). The number of aliphatic hydroxyl groups excluding tert-OH is 1. The molecule has 0 spiro atoms. The van der Waals surface area contributed by atoms with Gasteiger partial charge in [-0.05, 0) is 42.3 Å². The van der Waals surface area contributed by atoms with Crippen molar-refractivity contribution in [3.63, 3.8) is 0 Å². The summed E-state index contributed by atoms with van der Waals surface area (Å²) in [5, 5.41) is 15.2. The molecule has 0 radical (unpaired) electrons. The summed E-state index contributed by atoms with van der Waals surface area (Å²) in [6.07, 6.45) is 0. The molecule has 3 rings (SSSR count). The fraction of sp³-hybridized carbons (Fsp3) is 0.136. The van der Waals surface area contributed by atoms with Gasteiger partial charge in [-0.1, -0.05) is 54.6 Å². The minimum absolute atomic E-state index is 0.196. The van der Waals surface area contributed by atoms with Crippen LogP contribution in [0.2, 0.25) is 0 Å². The molecule has 0 heterocycles. The molecule has 0 aliphatic carbocycles. The topological polar surface area (TPSA) is 70.6 Å². The van der Waals surface area contributed by atoms with Crippen molar-refractivity contribution in [2.24, 2.45) is 0 Å². The molecule has 0 fully saturated rings. The molecule has 0 aromatic heterocycles. The Labute approximate surface area is 158 Å². The van der Waals surface area contributed by atoms with Gasteiger partial charge in [0.15, 0.2) is 5.75 Å². The molecule has 5 nitrogen and oxygen atoms in total. The highest BCUT2D eigenvalue weighted by Gasteiger charge is 2.15. The average Bonchev–Trinajstić information content (AvgIpc) is 2.68. The van der Waals surface area contributed by atoms with Crippen molar-refractivity contribution in [1.29, 1.82) is 0 Å². The lowest BCUT2D eigenvalue weighted by Crippen LogP contribution is -2.34. The van der Waals surface area contributed by atoms with Gasteiger partial charge in [0.05, 0.1) is 18.3 Å². The number of anilines is 1. The summed E-state index contributed by atoms with van der Waals surface area (Å²) in [5.74, 6) is 1.24. The van der Waals surface area contributed by atoms with E-state index in [0.717, 1.165) is 11.1 Å². The fourth-order valence-corrected chi connectivity index (χ4v) is 2.70. The van der Waals surface area contributed by atoms with Gasteiger partial charge in [0.25, 0.3) is 0 Å². The molecule has 3 N–H and O–H groups in total. The normalized spacial score (nSPS) is 11.5. The van der Waals surface area contributed by atoms with Gasteiger partial charge < -0.3 is 20.5 Å². The molecule has 0 aliphatic rings. The molecular weight excluding hydrogens is 340 g/mol. The molecule has 5 heteroatoms. The first kappa shape index (κ1) is 18.5. The lowest BCUT2D eigenvalue weighted by molar-refractivity contribution is 0.225. The van der Waals surface area contributed by atoms with Crippen LogP contribution in [0.1, 0.15) is 17.2 Å². The van der Waals surface area contributed by atoms with Crippen LogP contribution in [0.5, 0.6) is 11.5 Å². The van der Waals surface area contributed by atoms with Crippen molar-refractivity contribution in [3.8, 4) is 11.5 Å². The Morgan fingerprint density at radius 3 is 2.48 bits per heavy atom. The number of hydrogen-bond acceptors (Lipinski definition) is 3. The number of ether oxygens (including phenoxy) is 1.